The van der Waals surface area contributed by atoms with Crippen molar-refractivity contribution in [2.24, 2.45) is 5.92 Å². The summed E-state index contributed by atoms with van der Waals surface area (Å²) in [5.74, 6) is -0.0234. The van der Waals surface area contributed by atoms with Gasteiger partial charge in [0.25, 0.3) is 5.91 Å². The molecule has 0 saturated carbocycles. The van der Waals surface area contributed by atoms with Crippen molar-refractivity contribution in [3.63, 3.8) is 0 Å². The number of nitrogens with zero attached hydrogens (tertiary/aromatic N) is 1. The smallest absolute Gasteiger partial charge is 0.269 e. The number of carbonyl (C=O) groups excluding carboxylic acids is 3. The van der Waals surface area contributed by atoms with Gasteiger partial charge in [0, 0.05) is 25.1 Å². The quantitative estimate of drug-likeness (QED) is 0.679. The molecule has 3 amide bonds. The van der Waals surface area contributed by atoms with E-state index in [1.165, 1.54) is 7.11 Å². The highest BCUT2D eigenvalue weighted by Gasteiger charge is 2.28. The molecular formula is C21H31N3O5. The van der Waals surface area contributed by atoms with Crippen molar-refractivity contribution in [1.82, 2.24) is 15.8 Å². The molecule has 1 aliphatic rings. The normalized spacial score (nSPS) is 16.3. The maximum Gasteiger partial charge on any atom is 0.269 e. The number of carbonyl (C=O) groups is 3. The number of hydrazine groups is 1. The molecule has 0 spiro atoms. The van der Waals surface area contributed by atoms with Gasteiger partial charge in [-0.25, -0.2) is 0 Å². The van der Waals surface area contributed by atoms with Gasteiger partial charge >= 0.3 is 0 Å². The largest absolute Gasteiger partial charge is 0.493 e. The van der Waals surface area contributed by atoms with Crippen molar-refractivity contribution >= 4 is 17.7 Å². The van der Waals surface area contributed by atoms with Crippen molar-refractivity contribution in [2.45, 2.75) is 52.6 Å². The number of methoxy groups -OCH3 is 1. The number of likely N-dealkylation sites (tertiary alicyclic amines) is 1. The molecule has 1 aromatic rings. The summed E-state index contributed by atoms with van der Waals surface area (Å²) in [5.41, 5.74) is 5.25. The van der Waals surface area contributed by atoms with Crippen LogP contribution in [0.3, 0.4) is 0 Å². The van der Waals surface area contributed by atoms with Gasteiger partial charge in [0.05, 0.1) is 19.1 Å². The lowest BCUT2D eigenvalue weighted by molar-refractivity contribution is -0.136. The molecule has 0 aromatic heterocycles. The minimum atomic E-state index is -0.456. The second-order valence-corrected chi connectivity index (χ2v) is 7.40. The van der Waals surface area contributed by atoms with E-state index >= 15 is 0 Å². The fourth-order valence-corrected chi connectivity index (χ4v) is 3.24. The topological polar surface area (TPSA) is 97.0 Å². The maximum atomic E-state index is 12.4. The Kier molecular flexibility index (Phi) is 8.30. The molecular weight excluding hydrogens is 374 g/mol. The van der Waals surface area contributed by atoms with Gasteiger partial charge in [0.15, 0.2) is 11.5 Å². The molecule has 2 rings (SSSR count). The van der Waals surface area contributed by atoms with E-state index in [1.807, 2.05) is 20.8 Å². The van der Waals surface area contributed by atoms with Crippen molar-refractivity contribution in [1.29, 1.82) is 0 Å². The molecule has 29 heavy (non-hydrogen) atoms. The number of hydrogen-bond donors (Lipinski definition) is 2. The average Bonchev–Trinajstić information content (AvgIpc) is 2.71. The summed E-state index contributed by atoms with van der Waals surface area (Å²) in [6, 6.07) is 4.83. The molecule has 0 aliphatic carbocycles. The number of ether oxygens (including phenoxy) is 2. The Morgan fingerprint density at radius 1 is 1.21 bits per heavy atom. The lowest BCUT2D eigenvalue weighted by atomic mass is 9.97. The zero-order valence-corrected chi connectivity index (χ0v) is 17.6. The summed E-state index contributed by atoms with van der Waals surface area (Å²) in [7, 11) is 1.50. The van der Waals surface area contributed by atoms with Crippen LogP contribution in [0, 0.1) is 5.92 Å². The van der Waals surface area contributed by atoms with Crippen LogP contribution in [0.25, 0.3) is 0 Å². The highest BCUT2D eigenvalue weighted by molar-refractivity contribution is 5.96. The zero-order chi connectivity index (χ0) is 21.4. The van der Waals surface area contributed by atoms with Gasteiger partial charge in [-0.3, -0.25) is 25.2 Å². The molecule has 1 atom stereocenters. The van der Waals surface area contributed by atoms with Crippen LogP contribution >= 0.6 is 0 Å². The Labute approximate surface area is 171 Å². The number of benzene rings is 1. The first-order chi connectivity index (χ1) is 13.8. The van der Waals surface area contributed by atoms with E-state index in [0.717, 1.165) is 12.8 Å². The maximum absolute atomic E-state index is 12.4. The van der Waals surface area contributed by atoms with Gasteiger partial charge in [0.2, 0.25) is 11.8 Å². The second kappa shape index (κ2) is 10.7. The number of hydrogen-bond acceptors (Lipinski definition) is 5. The second-order valence-electron chi connectivity index (χ2n) is 7.40. The first-order valence-electron chi connectivity index (χ1n) is 10.1. The molecule has 8 heteroatoms. The van der Waals surface area contributed by atoms with Gasteiger partial charge < -0.3 is 14.4 Å². The Bertz CT molecular complexity index is 735. The molecule has 1 saturated heterocycles. The van der Waals surface area contributed by atoms with E-state index in [1.54, 1.807) is 23.1 Å². The van der Waals surface area contributed by atoms with Crippen molar-refractivity contribution < 1.29 is 23.9 Å². The number of nitrogens with one attached hydrogen (secondary N) is 2. The van der Waals surface area contributed by atoms with Gasteiger partial charge in [0.1, 0.15) is 0 Å². The minimum absolute atomic E-state index is 0.0258. The molecule has 1 heterocycles. The highest BCUT2D eigenvalue weighted by Crippen LogP contribution is 2.29. The zero-order valence-electron chi connectivity index (χ0n) is 17.6. The van der Waals surface area contributed by atoms with Crippen LogP contribution < -0.4 is 20.3 Å². The summed E-state index contributed by atoms with van der Waals surface area (Å²) in [4.78, 5) is 38.7. The van der Waals surface area contributed by atoms with Crippen molar-refractivity contribution in [3.05, 3.63) is 23.8 Å². The Morgan fingerprint density at radius 2 is 1.97 bits per heavy atom. The summed E-state index contributed by atoms with van der Waals surface area (Å²) in [6.07, 6.45) is 2.71. The lowest BCUT2D eigenvalue weighted by Crippen LogP contribution is -2.50. The van der Waals surface area contributed by atoms with Gasteiger partial charge in [-0.2, -0.15) is 0 Å². The molecule has 2 N–H and O–H groups in total. The van der Waals surface area contributed by atoms with Crippen LogP contribution in [0.4, 0.5) is 0 Å². The third-order valence-corrected chi connectivity index (χ3v) is 4.70. The lowest BCUT2D eigenvalue weighted by Gasteiger charge is -2.32. The van der Waals surface area contributed by atoms with Crippen LogP contribution in [0.2, 0.25) is 0 Å². The third kappa shape index (κ3) is 6.37. The molecule has 1 unspecified atom stereocenters. The molecule has 0 radical (unpaired) electrons. The molecule has 8 nitrogen and oxygen atoms in total. The standard InChI is InChI=1S/C21H31N3O5/c1-5-7-19(25)24-11-6-8-16(13-24)21(27)23-22-20(26)15-9-10-17(29-14(2)3)18(12-15)28-4/h9-10,12,14,16H,5-8,11,13H2,1-4H3,(H,22,26)(H,23,27). The summed E-state index contributed by atoms with van der Waals surface area (Å²) in [5, 5.41) is 0. The van der Waals surface area contributed by atoms with E-state index in [0.29, 0.717) is 43.0 Å². The van der Waals surface area contributed by atoms with Crippen LogP contribution in [-0.2, 0) is 9.59 Å². The Morgan fingerprint density at radius 3 is 2.62 bits per heavy atom. The van der Waals surface area contributed by atoms with E-state index in [-0.39, 0.29) is 23.8 Å². The van der Waals surface area contributed by atoms with Crippen LogP contribution in [-0.4, -0.2) is 48.9 Å². The minimum Gasteiger partial charge on any atom is -0.493 e. The number of rotatable bonds is 7. The molecule has 1 fully saturated rings. The first kappa shape index (κ1) is 22.5. The molecule has 1 aliphatic heterocycles. The van der Waals surface area contributed by atoms with E-state index in [2.05, 4.69) is 10.9 Å². The first-order valence-corrected chi connectivity index (χ1v) is 10.1. The monoisotopic (exact) mass is 405 g/mol. The molecule has 160 valence electrons. The molecule has 1 aromatic carbocycles. The fourth-order valence-electron chi connectivity index (χ4n) is 3.24. The van der Waals surface area contributed by atoms with Crippen molar-refractivity contribution in [2.75, 3.05) is 20.2 Å². The van der Waals surface area contributed by atoms with E-state index in [9.17, 15) is 14.4 Å². The van der Waals surface area contributed by atoms with Gasteiger partial charge in [-0.1, -0.05) is 6.92 Å². The summed E-state index contributed by atoms with van der Waals surface area (Å²) in [6.45, 7) is 6.82. The predicted octanol–water partition coefficient (Wildman–Crippen LogP) is 2.28. The van der Waals surface area contributed by atoms with Crippen molar-refractivity contribution in [3.8, 4) is 11.5 Å². The van der Waals surface area contributed by atoms with Crippen LogP contribution in [0.5, 0.6) is 11.5 Å². The van der Waals surface area contributed by atoms with Crippen LogP contribution in [0.15, 0.2) is 18.2 Å². The number of piperidine rings is 1. The SMILES string of the molecule is CCCC(=O)N1CCCC(C(=O)NNC(=O)c2ccc(OC(C)C)c(OC)c2)C1. The Hall–Kier alpha value is -2.77. The Balaban J connectivity index is 1.92. The summed E-state index contributed by atoms with van der Waals surface area (Å²) < 4.78 is 10.9. The highest BCUT2D eigenvalue weighted by atomic mass is 16.5. The average molecular weight is 405 g/mol. The molecule has 0 bridgehead atoms. The predicted molar refractivity (Wildman–Crippen MR) is 109 cm³/mol. The van der Waals surface area contributed by atoms with Crippen LogP contribution in [0.1, 0.15) is 56.8 Å². The van der Waals surface area contributed by atoms with E-state index < -0.39 is 5.91 Å². The summed E-state index contributed by atoms with van der Waals surface area (Å²) >= 11 is 0. The van der Waals surface area contributed by atoms with E-state index in [4.69, 9.17) is 9.47 Å². The van der Waals surface area contributed by atoms with Gasteiger partial charge in [-0.15, -0.1) is 0 Å². The van der Waals surface area contributed by atoms with Gasteiger partial charge in [-0.05, 0) is 51.3 Å². The fraction of sp³-hybridized carbons (Fsp3) is 0.571. The third-order valence-electron chi connectivity index (χ3n) is 4.70. The number of amides is 3.